The largest absolute Gasteiger partial charge is 0.352 e. The van der Waals surface area contributed by atoms with Gasteiger partial charge in [-0.15, -0.1) is 0 Å². The van der Waals surface area contributed by atoms with Crippen LogP contribution in [0.15, 0.2) is 0 Å². The molecule has 0 unspecified atom stereocenters. The van der Waals surface area contributed by atoms with Crippen LogP contribution in [-0.4, -0.2) is 24.0 Å². The van der Waals surface area contributed by atoms with Crippen molar-refractivity contribution in [2.75, 3.05) is 6.54 Å². The minimum absolute atomic E-state index is 0.00787. The molecule has 1 fully saturated rings. The topological polar surface area (TPSA) is 41.1 Å². The number of nitrogens with one attached hydrogen (secondary N) is 2. The maximum absolute atomic E-state index is 11.7. The molecule has 1 rings (SSSR count). The number of hydrogen-bond acceptors (Lipinski definition) is 2. The Balaban J connectivity index is 2.22. The number of amides is 1. The van der Waals surface area contributed by atoms with Gasteiger partial charge in [-0.25, -0.2) is 0 Å². The van der Waals surface area contributed by atoms with Crippen molar-refractivity contribution >= 4 is 5.91 Å². The van der Waals surface area contributed by atoms with E-state index in [1.165, 1.54) is 25.7 Å². The third-order valence-electron chi connectivity index (χ3n) is 3.27. The van der Waals surface area contributed by atoms with Crippen molar-refractivity contribution in [3.63, 3.8) is 0 Å². The molecular weight excluding hydrogens is 200 g/mol. The van der Waals surface area contributed by atoms with Gasteiger partial charge >= 0.3 is 0 Å². The highest BCUT2D eigenvalue weighted by molar-refractivity contribution is 5.78. The fourth-order valence-electron chi connectivity index (χ4n) is 2.23. The molecular formula is C13H26N2O. The van der Waals surface area contributed by atoms with Crippen molar-refractivity contribution < 1.29 is 4.79 Å². The molecule has 3 heteroatoms. The summed E-state index contributed by atoms with van der Waals surface area (Å²) in [5.74, 6) is 0.813. The molecule has 3 nitrogen and oxygen atoms in total. The van der Waals surface area contributed by atoms with Crippen LogP contribution in [0.2, 0.25) is 0 Å². The fourth-order valence-corrected chi connectivity index (χ4v) is 2.23. The second kappa shape index (κ2) is 5.67. The Morgan fingerprint density at radius 2 is 1.88 bits per heavy atom. The highest BCUT2D eigenvalue weighted by Gasteiger charge is 2.22. The van der Waals surface area contributed by atoms with Crippen LogP contribution in [0.1, 0.15) is 53.4 Å². The quantitative estimate of drug-likeness (QED) is 0.770. The van der Waals surface area contributed by atoms with Crippen LogP contribution in [-0.2, 0) is 4.79 Å². The van der Waals surface area contributed by atoms with Gasteiger partial charge in [-0.2, -0.15) is 0 Å². The Kier molecular flexibility index (Phi) is 4.78. The van der Waals surface area contributed by atoms with E-state index >= 15 is 0 Å². The SMILES string of the molecule is C[C@H](NC(=O)CNC(C)(C)C)C1CCCC1. The first-order chi connectivity index (χ1) is 7.38. The summed E-state index contributed by atoms with van der Waals surface area (Å²) >= 11 is 0. The molecule has 1 aliphatic rings. The van der Waals surface area contributed by atoms with Gasteiger partial charge in [-0.1, -0.05) is 12.8 Å². The van der Waals surface area contributed by atoms with Crippen molar-refractivity contribution in [2.45, 2.75) is 65.0 Å². The zero-order valence-electron chi connectivity index (χ0n) is 11.1. The average molecular weight is 226 g/mol. The Morgan fingerprint density at radius 3 is 2.38 bits per heavy atom. The van der Waals surface area contributed by atoms with Crippen LogP contribution in [0.25, 0.3) is 0 Å². The maximum atomic E-state index is 11.7. The van der Waals surface area contributed by atoms with E-state index in [0.29, 0.717) is 18.5 Å². The van der Waals surface area contributed by atoms with Crippen LogP contribution < -0.4 is 10.6 Å². The van der Waals surface area contributed by atoms with Crippen LogP contribution in [0.3, 0.4) is 0 Å². The highest BCUT2D eigenvalue weighted by Crippen LogP contribution is 2.27. The first-order valence-electron chi connectivity index (χ1n) is 6.43. The standard InChI is InChI=1S/C13H26N2O/c1-10(11-7-5-6-8-11)15-12(16)9-14-13(2,3)4/h10-11,14H,5-9H2,1-4H3,(H,15,16)/t10-/m0/s1. The maximum Gasteiger partial charge on any atom is 0.234 e. The van der Waals surface area contributed by atoms with Crippen LogP contribution in [0.5, 0.6) is 0 Å². The summed E-state index contributed by atoms with van der Waals surface area (Å²) in [5.41, 5.74) is 0.00787. The van der Waals surface area contributed by atoms with E-state index < -0.39 is 0 Å². The Bertz CT molecular complexity index is 227. The second-order valence-corrected chi connectivity index (χ2v) is 6.00. The van der Waals surface area contributed by atoms with E-state index in [2.05, 4.69) is 38.3 Å². The molecule has 94 valence electrons. The lowest BCUT2D eigenvalue weighted by atomic mass is 10.00. The molecule has 0 aromatic rings. The van der Waals surface area contributed by atoms with Gasteiger partial charge in [0.15, 0.2) is 0 Å². The number of carbonyl (C=O) groups is 1. The molecule has 0 spiro atoms. The molecule has 0 bridgehead atoms. The lowest BCUT2D eigenvalue weighted by Crippen LogP contribution is -2.46. The van der Waals surface area contributed by atoms with Gasteiger partial charge < -0.3 is 10.6 Å². The molecule has 16 heavy (non-hydrogen) atoms. The first-order valence-corrected chi connectivity index (χ1v) is 6.43. The lowest BCUT2D eigenvalue weighted by Gasteiger charge is -2.23. The van der Waals surface area contributed by atoms with E-state index in [1.54, 1.807) is 0 Å². The summed E-state index contributed by atoms with van der Waals surface area (Å²) in [6, 6.07) is 0.330. The number of rotatable bonds is 4. The average Bonchev–Trinajstić information content (AvgIpc) is 2.66. The predicted molar refractivity (Wildman–Crippen MR) is 67.3 cm³/mol. The normalized spacial score (nSPS) is 19.8. The summed E-state index contributed by atoms with van der Waals surface area (Å²) in [6.07, 6.45) is 5.19. The van der Waals surface area contributed by atoms with Crippen molar-refractivity contribution in [2.24, 2.45) is 5.92 Å². The molecule has 0 aromatic heterocycles. The first kappa shape index (κ1) is 13.5. The zero-order valence-corrected chi connectivity index (χ0v) is 11.1. The fraction of sp³-hybridized carbons (Fsp3) is 0.923. The Morgan fingerprint density at radius 1 is 1.31 bits per heavy atom. The van der Waals surface area contributed by atoms with Gasteiger partial charge in [0, 0.05) is 11.6 Å². The van der Waals surface area contributed by atoms with Crippen LogP contribution in [0, 0.1) is 5.92 Å². The van der Waals surface area contributed by atoms with E-state index in [-0.39, 0.29) is 11.4 Å². The lowest BCUT2D eigenvalue weighted by molar-refractivity contribution is -0.121. The van der Waals surface area contributed by atoms with Crippen molar-refractivity contribution in [1.82, 2.24) is 10.6 Å². The number of carbonyl (C=O) groups excluding carboxylic acids is 1. The Hall–Kier alpha value is -0.570. The molecule has 0 saturated heterocycles. The smallest absolute Gasteiger partial charge is 0.234 e. The van der Waals surface area contributed by atoms with Crippen LogP contribution in [0.4, 0.5) is 0 Å². The van der Waals surface area contributed by atoms with Gasteiger partial charge in [0.2, 0.25) is 5.91 Å². The summed E-state index contributed by atoms with van der Waals surface area (Å²) in [4.78, 5) is 11.7. The van der Waals surface area contributed by atoms with Gasteiger partial charge in [-0.05, 0) is 46.5 Å². The molecule has 0 radical (unpaired) electrons. The Labute approximate surface area is 99.4 Å². The number of hydrogen-bond donors (Lipinski definition) is 2. The third kappa shape index (κ3) is 4.97. The molecule has 1 aliphatic carbocycles. The molecule has 2 N–H and O–H groups in total. The van der Waals surface area contributed by atoms with Crippen LogP contribution >= 0.6 is 0 Å². The summed E-state index contributed by atoms with van der Waals surface area (Å²) in [5, 5.41) is 6.30. The molecule has 1 saturated carbocycles. The highest BCUT2D eigenvalue weighted by atomic mass is 16.2. The van der Waals surface area contributed by atoms with Gasteiger partial charge in [0.05, 0.1) is 6.54 Å². The van der Waals surface area contributed by atoms with E-state index in [4.69, 9.17) is 0 Å². The van der Waals surface area contributed by atoms with E-state index in [0.717, 1.165) is 0 Å². The van der Waals surface area contributed by atoms with Crippen molar-refractivity contribution in [3.8, 4) is 0 Å². The molecule has 1 amide bonds. The molecule has 0 aliphatic heterocycles. The summed E-state index contributed by atoms with van der Waals surface area (Å²) in [6.45, 7) is 8.76. The minimum atomic E-state index is 0.00787. The van der Waals surface area contributed by atoms with E-state index in [9.17, 15) is 4.79 Å². The van der Waals surface area contributed by atoms with E-state index in [1.807, 2.05) is 0 Å². The molecule has 0 heterocycles. The summed E-state index contributed by atoms with van der Waals surface area (Å²) in [7, 11) is 0. The van der Waals surface area contributed by atoms with Crippen molar-refractivity contribution in [3.05, 3.63) is 0 Å². The zero-order chi connectivity index (χ0) is 12.2. The van der Waals surface area contributed by atoms with Crippen molar-refractivity contribution in [1.29, 1.82) is 0 Å². The predicted octanol–water partition coefficient (Wildman–Crippen LogP) is 2.07. The van der Waals surface area contributed by atoms with Gasteiger partial charge in [0.1, 0.15) is 0 Å². The molecule has 1 atom stereocenters. The monoisotopic (exact) mass is 226 g/mol. The third-order valence-corrected chi connectivity index (χ3v) is 3.27. The second-order valence-electron chi connectivity index (χ2n) is 6.00. The van der Waals surface area contributed by atoms with Gasteiger partial charge in [0.25, 0.3) is 0 Å². The summed E-state index contributed by atoms with van der Waals surface area (Å²) < 4.78 is 0. The minimum Gasteiger partial charge on any atom is -0.352 e. The molecule has 0 aromatic carbocycles. The van der Waals surface area contributed by atoms with Gasteiger partial charge in [-0.3, -0.25) is 4.79 Å².